The largest absolute Gasteiger partial charge is 0.508 e. The summed E-state index contributed by atoms with van der Waals surface area (Å²) in [6.45, 7) is 0. The molecule has 0 bridgehead atoms. The van der Waals surface area contributed by atoms with Gasteiger partial charge in [-0.25, -0.2) is 0 Å². The average Bonchev–Trinajstić information content (AvgIpc) is 3.10. The number of nitro groups is 1. The fraction of sp³-hybridized carbons (Fsp3) is 0.263. The predicted molar refractivity (Wildman–Crippen MR) is 94.1 cm³/mol. The quantitative estimate of drug-likeness (QED) is 0.499. The molecule has 0 radical (unpaired) electrons. The third-order valence-electron chi connectivity index (χ3n) is 5.10. The fourth-order valence-electron chi connectivity index (χ4n) is 3.93. The zero-order valence-electron chi connectivity index (χ0n) is 13.7. The van der Waals surface area contributed by atoms with E-state index >= 15 is 0 Å². The molecule has 2 N–H and O–H groups in total. The molecule has 0 aromatic heterocycles. The first-order valence-corrected chi connectivity index (χ1v) is 8.17. The van der Waals surface area contributed by atoms with Crippen LogP contribution < -0.4 is 10.1 Å². The molecule has 0 spiro atoms. The van der Waals surface area contributed by atoms with Gasteiger partial charge in [-0.3, -0.25) is 10.1 Å². The van der Waals surface area contributed by atoms with E-state index in [0.717, 1.165) is 23.2 Å². The molecular weight excluding hydrogens is 320 g/mol. The van der Waals surface area contributed by atoms with Crippen molar-refractivity contribution in [3.05, 3.63) is 69.8 Å². The van der Waals surface area contributed by atoms with Crippen molar-refractivity contribution in [2.24, 2.45) is 5.92 Å². The number of hydrogen-bond donors (Lipinski definition) is 2. The number of fused-ring (bicyclic) bond motifs is 3. The zero-order valence-corrected chi connectivity index (χ0v) is 13.7. The second kappa shape index (κ2) is 5.81. The third-order valence-corrected chi connectivity index (χ3v) is 5.10. The molecule has 2 aliphatic rings. The van der Waals surface area contributed by atoms with E-state index in [4.69, 9.17) is 4.74 Å². The van der Waals surface area contributed by atoms with Gasteiger partial charge in [-0.2, -0.15) is 0 Å². The lowest BCUT2D eigenvalue weighted by atomic mass is 9.76. The van der Waals surface area contributed by atoms with Crippen molar-refractivity contribution in [3.63, 3.8) is 0 Å². The van der Waals surface area contributed by atoms with E-state index in [0.29, 0.717) is 5.75 Å². The van der Waals surface area contributed by atoms with Crippen LogP contribution in [0, 0.1) is 16.0 Å². The van der Waals surface area contributed by atoms with Crippen molar-refractivity contribution in [1.29, 1.82) is 0 Å². The standard InChI is InChI=1S/C19H18N2O4/c1-25-17-10-12(21(23)24)9-16-14-3-2-4-15(14)18(20-19(16)17)11-5-7-13(22)8-6-11/h2-3,5-10,14-15,18,20,22H,4H2,1H3. The fourth-order valence-corrected chi connectivity index (χ4v) is 3.93. The molecule has 128 valence electrons. The summed E-state index contributed by atoms with van der Waals surface area (Å²) in [5.41, 5.74) is 2.82. The summed E-state index contributed by atoms with van der Waals surface area (Å²) in [6, 6.07) is 10.3. The lowest BCUT2D eigenvalue weighted by Crippen LogP contribution is -2.29. The van der Waals surface area contributed by atoms with Gasteiger partial charge in [0.25, 0.3) is 5.69 Å². The molecule has 1 aliphatic heterocycles. The normalized spacial score (nSPS) is 23.5. The van der Waals surface area contributed by atoms with Gasteiger partial charge in [0, 0.05) is 12.0 Å². The van der Waals surface area contributed by atoms with Crippen molar-refractivity contribution in [2.45, 2.75) is 18.4 Å². The van der Waals surface area contributed by atoms with Gasteiger partial charge in [0.05, 0.1) is 29.8 Å². The number of allylic oxidation sites excluding steroid dienone is 2. The highest BCUT2D eigenvalue weighted by Crippen LogP contribution is 2.53. The lowest BCUT2D eigenvalue weighted by Gasteiger charge is -2.38. The number of nitro benzene ring substituents is 1. The van der Waals surface area contributed by atoms with Gasteiger partial charge in [0.2, 0.25) is 0 Å². The molecule has 4 rings (SSSR count). The Balaban J connectivity index is 1.84. The molecule has 0 saturated carbocycles. The van der Waals surface area contributed by atoms with Crippen LogP contribution in [0.4, 0.5) is 11.4 Å². The van der Waals surface area contributed by atoms with Crippen LogP contribution in [0.1, 0.15) is 29.5 Å². The molecule has 3 unspecified atom stereocenters. The number of hydrogen-bond acceptors (Lipinski definition) is 5. The summed E-state index contributed by atoms with van der Waals surface area (Å²) in [5, 5.41) is 24.3. The van der Waals surface area contributed by atoms with Crippen LogP contribution in [0.15, 0.2) is 48.6 Å². The Morgan fingerprint density at radius 2 is 2.04 bits per heavy atom. The minimum atomic E-state index is -0.386. The minimum Gasteiger partial charge on any atom is -0.508 e. The number of benzene rings is 2. The van der Waals surface area contributed by atoms with Crippen LogP contribution in [-0.2, 0) is 0 Å². The van der Waals surface area contributed by atoms with Crippen molar-refractivity contribution in [1.82, 2.24) is 0 Å². The van der Waals surface area contributed by atoms with Gasteiger partial charge in [-0.15, -0.1) is 0 Å². The van der Waals surface area contributed by atoms with E-state index in [2.05, 4.69) is 17.5 Å². The Hall–Kier alpha value is -3.02. The molecule has 2 aromatic carbocycles. The number of nitrogens with zero attached hydrogens (tertiary/aromatic N) is 1. The zero-order chi connectivity index (χ0) is 17.6. The predicted octanol–water partition coefficient (Wildman–Crippen LogP) is 4.14. The summed E-state index contributed by atoms with van der Waals surface area (Å²) >= 11 is 0. The van der Waals surface area contributed by atoms with Crippen LogP contribution in [0.5, 0.6) is 11.5 Å². The number of ether oxygens (including phenoxy) is 1. The number of nitrogens with one attached hydrogen (secondary N) is 1. The second-order valence-corrected chi connectivity index (χ2v) is 6.44. The van der Waals surface area contributed by atoms with Gasteiger partial charge < -0.3 is 15.2 Å². The monoisotopic (exact) mass is 338 g/mol. The molecule has 0 fully saturated rings. The van der Waals surface area contributed by atoms with Crippen molar-refractivity contribution in [2.75, 3.05) is 12.4 Å². The Morgan fingerprint density at radius 1 is 1.28 bits per heavy atom. The van der Waals surface area contributed by atoms with Gasteiger partial charge in [-0.1, -0.05) is 24.3 Å². The first-order valence-electron chi connectivity index (χ1n) is 8.17. The molecular formula is C19H18N2O4. The summed E-state index contributed by atoms with van der Waals surface area (Å²) in [4.78, 5) is 10.9. The summed E-state index contributed by atoms with van der Waals surface area (Å²) in [7, 11) is 1.52. The minimum absolute atomic E-state index is 0.0412. The molecule has 1 heterocycles. The van der Waals surface area contributed by atoms with Gasteiger partial charge >= 0.3 is 0 Å². The van der Waals surface area contributed by atoms with E-state index in [1.807, 2.05) is 12.1 Å². The van der Waals surface area contributed by atoms with Crippen LogP contribution in [0.25, 0.3) is 0 Å². The number of anilines is 1. The molecule has 6 heteroatoms. The molecule has 0 saturated heterocycles. The molecule has 1 aliphatic carbocycles. The van der Waals surface area contributed by atoms with E-state index in [9.17, 15) is 15.2 Å². The number of phenolic OH excluding ortho intramolecular Hbond substituents is 1. The highest BCUT2D eigenvalue weighted by Gasteiger charge is 2.40. The third kappa shape index (κ3) is 2.50. The molecule has 3 atom stereocenters. The Morgan fingerprint density at radius 3 is 2.72 bits per heavy atom. The summed E-state index contributed by atoms with van der Waals surface area (Å²) in [5.74, 6) is 1.08. The van der Waals surface area contributed by atoms with Crippen LogP contribution >= 0.6 is 0 Å². The Bertz CT molecular complexity index is 860. The van der Waals surface area contributed by atoms with Crippen LogP contribution in [-0.4, -0.2) is 17.1 Å². The first kappa shape index (κ1) is 15.5. The maximum atomic E-state index is 11.3. The average molecular weight is 338 g/mol. The maximum absolute atomic E-state index is 11.3. The molecule has 25 heavy (non-hydrogen) atoms. The van der Waals surface area contributed by atoms with Crippen molar-refractivity contribution < 1.29 is 14.8 Å². The maximum Gasteiger partial charge on any atom is 0.273 e. The van der Waals surface area contributed by atoms with Gasteiger partial charge in [0.15, 0.2) is 0 Å². The Kier molecular flexibility index (Phi) is 3.60. The van der Waals surface area contributed by atoms with E-state index in [1.54, 1.807) is 18.2 Å². The Labute approximate surface area is 144 Å². The van der Waals surface area contributed by atoms with Crippen molar-refractivity contribution >= 4 is 11.4 Å². The smallest absolute Gasteiger partial charge is 0.273 e. The number of phenols is 1. The van der Waals surface area contributed by atoms with Gasteiger partial charge in [0.1, 0.15) is 11.5 Å². The molecule has 0 amide bonds. The van der Waals surface area contributed by atoms with Gasteiger partial charge in [-0.05, 0) is 35.6 Å². The number of aromatic hydroxyl groups is 1. The van der Waals surface area contributed by atoms with Crippen LogP contribution in [0.3, 0.4) is 0 Å². The molecule has 2 aromatic rings. The van der Waals surface area contributed by atoms with Crippen LogP contribution in [0.2, 0.25) is 0 Å². The van der Waals surface area contributed by atoms with E-state index < -0.39 is 0 Å². The highest BCUT2D eigenvalue weighted by atomic mass is 16.6. The summed E-state index contributed by atoms with van der Waals surface area (Å²) in [6.07, 6.45) is 5.15. The lowest BCUT2D eigenvalue weighted by molar-refractivity contribution is -0.385. The van der Waals surface area contributed by atoms with E-state index in [1.165, 1.54) is 13.2 Å². The topological polar surface area (TPSA) is 84.6 Å². The van der Waals surface area contributed by atoms with E-state index in [-0.39, 0.29) is 34.2 Å². The number of rotatable bonds is 3. The molecule has 6 nitrogen and oxygen atoms in total. The first-order chi connectivity index (χ1) is 12.1. The highest BCUT2D eigenvalue weighted by molar-refractivity contribution is 5.71. The summed E-state index contributed by atoms with van der Waals surface area (Å²) < 4.78 is 5.42. The second-order valence-electron chi connectivity index (χ2n) is 6.44. The number of methoxy groups -OCH3 is 1. The number of non-ortho nitro benzene ring substituents is 1. The van der Waals surface area contributed by atoms with Crippen molar-refractivity contribution in [3.8, 4) is 11.5 Å². The SMILES string of the molecule is COc1cc([N+](=O)[O-])cc2c1NC(c1ccc(O)cc1)C1CC=CC21.